The van der Waals surface area contributed by atoms with Crippen LogP contribution in [0.2, 0.25) is 0 Å². The molecule has 0 bridgehead atoms. The van der Waals surface area contributed by atoms with Crippen LogP contribution >= 0.6 is 0 Å². The van der Waals surface area contributed by atoms with Gasteiger partial charge >= 0.3 is 0 Å². The van der Waals surface area contributed by atoms with Crippen molar-refractivity contribution < 1.29 is 0 Å². The fourth-order valence-corrected chi connectivity index (χ4v) is 3.47. The van der Waals surface area contributed by atoms with E-state index in [1.165, 1.54) is 11.3 Å². The van der Waals surface area contributed by atoms with Crippen LogP contribution in [0.25, 0.3) is 10.9 Å². The van der Waals surface area contributed by atoms with Gasteiger partial charge in [0.1, 0.15) is 12.1 Å². The first-order chi connectivity index (χ1) is 13.4. The number of benzene rings is 3. The van der Waals surface area contributed by atoms with Gasteiger partial charge in [-0.25, -0.2) is 9.97 Å². The van der Waals surface area contributed by atoms with Crippen molar-refractivity contribution in [2.24, 2.45) is 0 Å². The first-order valence-corrected chi connectivity index (χ1v) is 9.00. The summed E-state index contributed by atoms with van der Waals surface area (Å²) < 4.78 is 0. The van der Waals surface area contributed by atoms with Crippen LogP contribution in [0, 0.1) is 0 Å². The first kappa shape index (κ1) is 15.6. The van der Waals surface area contributed by atoms with Crippen molar-refractivity contribution in [3.63, 3.8) is 0 Å². The van der Waals surface area contributed by atoms with Gasteiger partial charge in [0.2, 0.25) is 0 Å². The predicted octanol–water partition coefficient (Wildman–Crippen LogP) is 4.76. The fraction of sp³-hybridized carbons (Fsp3) is 0.0909. The number of para-hydroxylation sites is 1. The molecule has 27 heavy (non-hydrogen) atoms. The molecule has 132 valence electrons. The molecule has 0 unspecified atom stereocenters. The van der Waals surface area contributed by atoms with Crippen LogP contribution in [0.15, 0.2) is 79.1 Å². The van der Waals surface area contributed by atoms with Crippen LogP contribution in [-0.2, 0) is 6.54 Å². The summed E-state index contributed by atoms with van der Waals surface area (Å²) in [5, 5.41) is 7.93. The molecule has 5 heteroatoms. The molecule has 0 saturated carbocycles. The van der Waals surface area contributed by atoms with E-state index >= 15 is 0 Å². The highest BCUT2D eigenvalue weighted by atomic mass is 15.3. The highest BCUT2D eigenvalue weighted by Gasteiger charge is 2.19. The van der Waals surface area contributed by atoms with Gasteiger partial charge in [0.05, 0.1) is 23.6 Å². The normalized spacial score (nSPS) is 12.7. The lowest BCUT2D eigenvalue weighted by molar-refractivity contribution is 0.872. The van der Waals surface area contributed by atoms with Gasteiger partial charge in [0.25, 0.3) is 0 Å². The number of aromatic nitrogens is 2. The fourth-order valence-electron chi connectivity index (χ4n) is 3.47. The third-order valence-electron chi connectivity index (χ3n) is 4.82. The number of fused-ring (bicyclic) bond motifs is 2. The zero-order valence-corrected chi connectivity index (χ0v) is 14.8. The van der Waals surface area contributed by atoms with Crippen molar-refractivity contribution >= 4 is 33.8 Å². The SMILES string of the molecule is c1ccc(CN2CNc3ccc(Nc4ncnc5ccccc45)cc32)cc1. The second-order valence-electron chi connectivity index (χ2n) is 6.61. The second-order valence-corrected chi connectivity index (χ2v) is 6.61. The Labute approximate surface area is 157 Å². The lowest BCUT2D eigenvalue weighted by atomic mass is 10.2. The van der Waals surface area contributed by atoms with Gasteiger partial charge in [-0.1, -0.05) is 42.5 Å². The molecule has 0 amide bonds. The summed E-state index contributed by atoms with van der Waals surface area (Å²) in [6.07, 6.45) is 1.60. The largest absolute Gasteiger partial charge is 0.366 e. The zero-order chi connectivity index (χ0) is 18.1. The molecule has 5 nitrogen and oxygen atoms in total. The van der Waals surface area contributed by atoms with E-state index < -0.39 is 0 Å². The van der Waals surface area contributed by atoms with Crippen molar-refractivity contribution in [3.05, 3.63) is 84.7 Å². The smallest absolute Gasteiger partial charge is 0.141 e. The quantitative estimate of drug-likeness (QED) is 0.554. The zero-order valence-electron chi connectivity index (χ0n) is 14.8. The van der Waals surface area contributed by atoms with E-state index in [1.807, 2.05) is 30.3 Å². The summed E-state index contributed by atoms with van der Waals surface area (Å²) in [6.45, 7) is 1.69. The standard InChI is InChI=1S/C22H19N5/c1-2-6-16(7-3-1)13-27-15-25-20-11-10-17(12-21(20)27)26-22-18-8-4-5-9-19(18)23-14-24-22/h1-12,14,25H,13,15H2,(H,23,24,26). The van der Waals surface area contributed by atoms with Gasteiger partial charge in [0.15, 0.2) is 0 Å². The van der Waals surface area contributed by atoms with E-state index in [2.05, 4.69) is 68.0 Å². The third kappa shape index (κ3) is 3.04. The molecule has 2 N–H and O–H groups in total. The second kappa shape index (κ2) is 6.61. The van der Waals surface area contributed by atoms with E-state index in [1.54, 1.807) is 6.33 Å². The van der Waals surface area contributed by atoms with Gasteiger partial charge in [-0.15, -0.1) is 0 Å². The maximum absolute atomic E-state index is 4.43. The maximum Gasteiger partial charge on any atom is 0.141 e. The summed E-state index contributed by atoms with van der Waals surface area (Å²) in [6, 6.07) is 24.9. The molecule has 0 saturated heterocycles. The Morgan fingerprint density at radius 2 is 1.78 bits per heavy atom. The van der Waals surface area contributed by atoms with Gasteiger partial charge in [-0.2, -0.15) is 0 Å². The number of hydrogen-bond donors (Lipinski definition) is 2. The van der Waals surface area contributed by atoms with Crippen molar-refractivity contribution in [2.45, 2.75) is 6.54 Å². The van der Waals surface area contributed by atoms with Crippen molar-refractivity contribution in [2.75, 3.05) is 22.2 Å². The average molecular weight is 353 g/mol. The molecule has 3 aromatic carbocycles. The van der Waals surface area contributed by atoms with Crippen LogP contribution in [0.1, 0.15) is 5.56 Å². The predicted molar refractivity (Wildman–Crippen MR) is 110 cm³/mol. The molecule has 5 rings (SSSR count). The number of anilines is 4. The van der Waals surface area contributed by atoms with E-state index in [0.717, 1.165) is 41.3 Å². The van der Waals surface area contributed by atoms with E-state index in [4.69, 9.17) is 0 Å². The lowest BCUT2D eigenvalue weighted by Crippen LogP contribution is -2.21. The topological polar surface area (TPSA) is 53.1 Å². The lowest BCUT2D eigenvalue weighted by Gasteiger charge is -2.19. The molecule has 4 aromatic rings. The molecule has 1 aromatic heterocycles. The highest BCUT2D eigenvalue weighted by Crippen LogP contribution is 2.36. The minimum atomic E-state index is 0.810. The monoisotopic (exact) mass is 353 g/mol. The molecule has 2 heterocycles. The van der Waals surface area contributed by atoms with E-state index in [9.17, 15) is 0 Å². The average Bonchev–Trinajstić information content (AvgIpc) is 3.11. The first-order valence-electron chi connectivity index (χ1n) is 9.00. The summed E-state index contributed by atoms with van der Waals surface area (Å²) in [5.41, 5.74) is 5.60. The number of rotatable bonds is 4. The van der Waals surface area contributed by atoms with Gasteiger partial charge in [-0.3, -0.25) is 0 Å². The van der Waals surface area contributed by atoms with Gasteiger partial charge in [0, 0.05) is 17.6 Å². The minimum absolute atomic E-state index is 0.810. The van der Waals surface area contributed by atoms with Crippen molar-refractivity contribution in [1.29, 1.82) is 0 Å². The molecule has 1 aliphatic heterocycles. The molecule has 0 radical (unpaired) electrons. The summed E-state index contributed by atoms with van der Waals surface area (Å²) in [7, 11) is 0. The molecule has 0 spiro atoms. The van der Waals surface area contributed by atoms with Gasteiger partial charge < -0.3 is 15.5 Å². The van der Waals surface area contributed by atoms with E-state index in [0.29, 0.717) is 0 Å². The Balaban J connectivity index is 1.44. The van der Waals surface area contributed by atoms with Crippen LogP contribution in [0.3, 0.4) is 0 Å². The Bertz CT molecular complexity index is 1090. The molecular formula is C22H19N5. The van der Waals surface area contributed by atoms with Crippen LogP contribution in [0.4, 0.5) is 22.9 Å². The summed E-state index contributed by atoms with van der Waals surface area (Å²) in [4.78, 5) is 11.1. The summed E-state index contributed by atoms with van der Waals surface area (Å²) >= 11 is 0. The van der Waals surface area contributed by atoms with Crippen LogP contribution < -0.4 is 15.5 Å². The minimum Gasteiger partial charge on any atom is -0.366 e. The molecule has 0 aliphatic carbocycles. The third-order valence-corrected chi connectivity index (χ3v) is 4.82. The Morgan fingerprint density at radius 3 is 2.70 bits per heavy atom. The maximum atomic E-state index is 4.43. The van der Waals surface area contributed by atoms with Crippen molar-refractivity contribution in [3.8, 4) is 0 Å². The van der Waals surface area contributed by atoms with Gasteiger partial charge in [-0.05, 0) is 35.9 Å². The van der Waals surface area contributed by atoms with Crippen molar-refractivity contribution in [1.82, 2.24) is 9.97 Å². The molecule has 0 atom stereocenters. The molecule has 1 aliphatic rings. The highest BCUT2D eigenvalue weighted by molar-refractivity contribution is 5.91. The molecule has 0 fully saturated rings. The Kier molecular flexibility index (Phi) is 3.83. The number of nitrogens with one attached hydrogen (secondary N) is 2. The molecular weight excluding hydrogens is 334 g/mol. The Hall–Kier alpha value is -3.60. The number of hydrogen-bond acceptors (Lipinski definition) is 5. The van der Waals surface area contributed by atoms with E-state index in [-0.39, 0.29) is 0 Å². The number of nitrogens with zero attached hydrogens (tertiary/aromatic N) is 3. The summed E-state index contributed by atoms with van der Waals surface area (Å²) in [5.74, 6) is 0.820. The Morgan fingerprint density at radius 1 is 0.926 bits per heavy atom. The van der Waals surface area contributed by atoms with Crippen LogP contribution in [-0.4, -0.2) is 16.6 Å². The van der Waals surface area contributed by atoms with Crippen LogP contribution in [0.5, 0.6) is 0 Å².